The predicted molar refractivity (Wildman–Crippen MR) is 98.0 cm³/mol. The van der Waals surface area contributed by atoms with Crippen LogP contribution in [0.4, 0.5) is 0 Å². The van der Waals surface area contributed by atoms with E-state index in [-0.39, 0.29) is 11.8 Å². The highest BCUT2D eigenvalue weighted by atomic mass is 16.4. The van der Waals surface area contributed by atoms with E-state index >= 15 is 0 Å². The molecule has 1 aliphatic rings. The number of hydrogen-bond donors (Lipinski definition) is 1. The minimum absolute atomic E-state index is 0.0137. The first-order valence-corrected chi connectivity index (χ1v) is 8.70. The molecule has 0 radical (unpaired) electrons. The van der Waals surface area contributed by atoms with Crippen LogP contribution in [0.15, 0.2) is 61.2 Å². The summed E-state index contributed by atoms with van der Waals surface area (Å²) in [6.07, 6.45) is 3.72. The summed E-state index contributed by atoms with van der Waals surface area (Å²) in [6, 6.07) is 14.3. The highest BCUT2D eigenvalue weighted by Crippen LogP contribution is 2.31. The van der Waals surface area contributed by atoms with Crippen molar-refractivity contribution in [3.63, 3.8) is 0 Å². The zero-order valence-electron chi connectivity index (χ0n) is 14.5. The molecule has 1 fully saturated rings. The third-order valence-corrected chi connectivity index (χ3v) is 4.91. The topological polar surface area (TPSA) is 88.3 Å². The SMILES string of the molecule is O=C(O)c1ccccc1[C@@H]1CCN(C(=O)c2ccccc2-n2cncn2)C1. The molecular weight excluding hydrogens is 344 g/mol. The molecule has 136 valence electrons. The Hall–Kier alpha value is -3.48. The van der Waals surface area contributed by atoms with E-state index in [4.69, 9.17) is 0 Å². The lowest BCUT2D eigenvalue weighted by molar-refractivity contribution is 0.0695. The van der Waals surface area contributed by atoms with Crippen molar-refractivity contribution in [2.24, 2.45) is 0 Å². The van der Waals surface area contributed by atoms with E-state index in [0.29, 0.717) is 29.9 Å². The number of amides is 1. The molecular formula is C20H18N4O3. The van der Waals surface area contributed by atoms with Crippen molar-refractivity contribution < 1.29 is 14.7 Å². The first kappa shape index (κ1) is 17.0. The third kappa shape index (κ3) is 3.19. The van der Waals surface area contributed by atoms with Gasteiger partial charge in [0.2, 0.25) is 0 Å². The van der Waals surface area contributed by atoms with Crippen LogP contribution in [0.1, 0.15) is 38.6 Å². The Morgan fingerprint density at radius 2 is 1.78 bits per heavy atom. The van der Waals surface area contributed by atoms with Crippen molar-refractivity contribution in [1.82, 2.24) is 19.7 Å². The number of carbonyl (C=O) groups is 2. The lowest BCUT2D eigenvalue weighted by Gasteiger charge is -2.19. The second-order valence-electron chi connectivity index (χ2n) is 6.49. The maximum atomic E-state index is 13.1. The van der Waals surface area contributed by atoms with E-state index < -0.39 is 5.97 Å². The van der Waals surface area contributed by atoms with E-state index in [1.54, 1.807) is 34.1 Å². The molecule has 3 aromatic rings. The van der Waals surface area contributed by atoms with Crippen LogP contribution < -0.4 is 0 Å². The van der Waals surface area contributed by atoms with Crippen LogP contribution in [-0.2, 0) is 0 Å². The third-order valence-electron chi connectivity index (χ3n) is 4.91. The van der Waals surface area contributed by atoms with Gasteiger partial charge in [-0.1, -0.05) is 30.3 Å². The maximum absolute atomic E-state index is 13.1. The van der Waals surface area contributed by atoms with Crippen LogP contribution in [0.2, 0.25) is 0 Å². The molecule has 0 unspecified atom stereocenters. The fourth-order valence-electron chi connectivity index (χ4n) is 3.60. The number of para-hydroxylation sites is 1. The molecule has 1 aliphatic heterocycles. The maximum Gasteiger partial charge on any atom is 0.335 e. The summed E-state index contributed by atoms with van der Waals surface area (Å²) in [6.45, 7) is 1.08. The number of aromatic carboxylic acids is 1. The Kier molecular flexibility index (Phi) is 4.42. The average molecular weight is 362 g/mol. The number of aromatic nitrogens is 3. The monoisotopic (exact) mass is 362 g/mol. The van der Waals surface area contributed by atoms with Crippen molar-refractivity contribution in [3.05, 3.63) is 77.9 Å². The number of benzene rings is 2. The molecule has 0 bridgehead atoms. The molecule has 2 heterocycles. The second-order valence-corrected chi connectivity index (χ2v) is 6.49. The van der Waals surface area contributed by atoms with E-state index in [2.05, 4.69) is 10.1 Å². The zero-order valence-corrected chi connectivity index (χ0v) is 14.5. The summed E-state index contributed by atoms with van der Waals surface area (Å²) in [7, 11) is 0. The highest BCUT2D eigenvalue weighted by molar-refractivity contribution is 5.98. The smallest absolute Gasteiger partial charge is 0.335 e. The number of carbonyl (C=O) groups excluding carboxylic acids is 1. The van der Waals surface area contributed by atoms with Crippen LogP contribution in [0.3, 0.4) is 0 Å². The van der Waals surface area contributed by atoms with E-state index in [0.717, 1.165) is 12.0 Å². The molecule has 7 nitrogen and oxygen atoms in total. The molecule has 7 heteroatoms. The second kappa shape index (κ2) is 7.03. The van der Waals surface area contributed by atoms with Gasteiger partial charge in [0, 0.05) is 19.0 Å². The van der Waals surface area contributed by atoms with Gasteiger partial charge >= 0.3 is 5.97 Å². The Balaban J connectivity index is 1.59. The van der Waals surface area contributed by atoms with Crippen LogP contribution in [-0.4, -0.2) is 49.7 Å². The minimum atomic E-state index is -0.938. The summed E-state index contributed by atoms with van der Waals surface area (Å²) in [5.74, 6) is -1.01. The standard InChI is InChI=1S/C20H18N4O3/c25-19(17-7-3-4-8-18(17)24-13-21-12-22-24)23-10-9-14(11-23)15-5-1-2-6-16(15)20(26)27/h1-8,12-14H,9-11H2,(H,26,27)/t14-/m1/s1. The summed E-state index contributed by atoms with van der Waals surface area (Å²) in [4.78, 5) is 30.3. The molecule has 4 rings (SSSR count). The van der Waals surface area contributed by atoms with Crippen LogP contribution >= 0.6 is 0 Å². The van der Waals surface area contributed by atoms with Gasteiger partial charge in [-0.3, -0.25) is 4.79 Å². The van der Waals surface area contributed by atoms with Crippen LogP contribution in [0.25, 0.3) is 5.69 Å². The summed E-state index contributed by atoms with van der Waals surface area (Å²) in [5, 5.41) is 13.5. The lowest BCUT2D eigenvalue weighted by Crippen LogP contribution is -2.29. The van der Waals surface area contributed by atoms with Crippen molar-refractivity contribution in [2.75, 3.05) is 13.1 Å². The van der Waals surface area contributed by atoms with Gasteiger partial charge in [0.05, 0.1) is 16.8 Å². The first-order chi connectivity index (χ1) is 13.1. The first-order valence-electron chi connectivity index (χ1n) is 8.70. The number of carboxylic acids is 1. The van der Waals surface area contributed by atoms with Gasteiger partial charge in [0.25, 0.3) is 5.91 Å². The Labute approximate surface area is 155 Å². The van der Waals surface area contributed by atoms with Gasteiger partial charge in [0.1, 0.15) is 12.7 Å². The zero-order chi connectivity index (χ0) is 18.8. The van der Waals surface area contributed by atoms with Crippen molar-refractivity contribution in [3.8, 4) is 5.69 Å². The Morgan fingerprint density at radius 3 is 2.52 bits per heavy atom. The molecule has 1 N–H and O–H groups in total. The van der Waals surface area contributed by atoms with Gasteiger partial charge in [0.15, 0.2) is 0 Å². The van der Waals surface area contributed by atoms with Crippen LogP contribution in [0.5, 0.6) is 0 Å². The molecule has 1 atom stereocenters. The van der Waals surface area contributed by atoms with Gasteiger partial charge in [-0.05, 0) is 30.2 Å². The van der Waals surface area contributed by atoms with Crippen molar-refractivity contribution in [1.29, 1.82) is 0 Å². The molecule has 2 aromatic carbocycles. The fraction of sp³-hybridized carbons (Fsp3) is 0.200. The van der Waals surface area contributed by atoms with Gasteiger partial charge < -0.3 is 10.0 Å². The van der Waals surface area contributed by atoms with Crippen LogP contribution in [0, 0.1) is 0 Å². The fourth-order valence-corrected chi connectivity index (χ4v) is 3.60. The van der Waals surface area contributed by atoms with Gasteiger partial charge in [-0.15, -0.1) is 0 Å². The minimum Gasteiger partial charge on any atom is -0.478 e. The molecule has 0 spiro atoms. The van der Waals surface area contributed by atoms with E-state index in [1.165, 1.54) is 6.33 Å². The molecule has 27 heavy (non-hydrogen) atoms. The Bertz CT molecular complexity index is 984. The highest BCUT2D eigenvalue weighted by Gasteiger charge is 2.31. The number of hydrogen-bond acceptors (Lipinski definition) is 4. The summed E-state index contributed by atoms with van der Waals surface area (Å²) >= 11 is 0. The number of rotatable bonds is 4. The lowest BCUT2D eigenvalue weighted by atomic mass is 9.93. The molecule has 0 aliphatic carbocycles. The molecule has 1 aromatic heterocycles. The number of likely N-dealkylation sites (tertiary alicyclic amines) is 1. The average Bonchev–Trinajstić information content (AvgIpc) is 3.39. The van der Waals surface area contributed by atoms with Gasteiger partial charge in [-0.2, -0.15) is 5.10 Å². The molecule has 0 saturated carbocycles. The molecule has 1 amide bonds. The number of carboxylic acid groups (broad SMARTS) is 1. The largest absolute Gasteiger partial charge is 0.478 e. The predicted octanol–water partition coefficient (Wildman–Crippen LogP) is 2.60. The normalized spacial score (nSPS) is 16.4. The van der Waals surface area contributed by atoms with E-state index in [9.17, 15) is 14.7 Å². The quantitative estimate of drug-likeness (QED) is 0.771. The van der Waals surface area contributed by atoms with Crippen molar-refractivity contribution >= 4 is 11.9 Å². The van der Waals surface area contributed by atoms with E-state index in [1.807, 2.05) is 30.3 Å². The summed E-state index contributed by atoms with van der Waals surface area (Å²) in [5.41, 5.74) is 2.31. The molecule has 1 saturated heterocycles. The Morgan fingerprint density at radius 1 is 1.04 bits per heavy atom. The summed E-state index contributed by atoms with van der Waals surface area (Å²) < 4.78 is 1.57. The van der Waals surface area contributed by atoms with Crippen molar-refractivity contribution in [2.45, 2.75) is 12.3 Å². The van der Waals surface area contributed by atoms with Gasteiger partial charge in [-0.25, -0.2) is 14.5 Å². The number of nitrogens with zero attached hydrogens (tertiary/aromatic N) is 4.